The Balaban J connectivity index is 2.64. The van der Waals surface area contributed by atoms with Gasteiger partial charge in [0.05, 0.1) is 0 Å². The molecular weight excluding hydrogens is 304 g/mol. The van der Waals surface area contributed by atoms with Crippen LogP contribution in [0.15, 0.2) is 48.6 Å². The predicted octanol–water partition coefficient (Wildman–Crippen LogP) is 4.42. The van der Waals surface area contributed by atoms with Crippen molar-refractivity contribution in [2.75, 3.05) is 0 Å². The second-order valence-electron chi connectivity index (χ2n) is 5.91. The van der Waals surface area contributed by atoms with Gasteiger partial charge < -0.3 is 9.47 Å². The molecule has 0 N–H and O–H groups in total. The van der Waals surface area contributed by atoms with Crippen molar-refractivity contribution in [3.05, 3.63) is 59.7 Å². The van der Waals surface area contributed by atoms with E-state index < -0.39 is 11.9 Å². The molecule has 0 unspecified atom stereocenters. The summed E-state index contributed by atoms with van der Waals surface area (Å²) in [5.41, 5.74) is 2.31. The Bertz CT molecular complexity index is 875. The van der Waals surface area contributed by atoms with Crippen molar-refractivity contribution in [2.45, 2.75) is 27.7 Å². The zero-order valence-corrected chi connectivity index (χ0v) is 14.4. The maximum Gasteiger partial charge on any atom is 0.338 e. The SMILES string of the molecule is C=C(C)C(=O)Oc1cc(C)c(OC(=O)C(=C)C)c2ccc(C)cc12. The maximum absolute atomic E-state index is 11.9. The van der Waals surface area contributed by atoms with Crippen LogP contribution in [-0.4, -0.2) is 11.9 Å². The maximum atomic E-state index is 11.9. The first-order chi connectivity index (χ1) is 11.2. The van der Waals surface area contributed by atoms with E-state index in [1.54, 1.807) is 26.8 Å². The molecule has 4 heteroatoms. The number of carbonyl (C=O) groups is 2. The standard InChI is InChI=1S/C20H20O4/c1-11(2)19(21)23-17-10-14(6)18(24-20(22)12(3)4)15-8-7-13(5)9-16(15)17/h7-10H,1,3H2,2,4-6H3. The average molecular weight is 324 g/mol. The molecule has 2 aromatic rings. The molecule has 0 bridgehead atoms. The van der Waals surface area contributed by atoms with E-state index in [1.807, 2.05) is 25.1 Å². The highest BCUT2D eigenvalue weighted by atomic mass is 16.5. The van der Waals surface area contributed by atoms with Crippen LogP contribution in [0.4, 0.5) is 0 Å². The predicted molar refractivity (Wildman–Crippen MR) is 94.3 cm³/mol. The summed E-state index contributed by atoms with van der Waals surface area (Å²) >= 11 is 0. The van der Waals surface area contributed by atoms with Crippen molar-refractivity contribution >= 4 is 22.7 Å². The third-order valence-corrected chi connectivity index (χ3v) is 3.49. The fraction of sp³-hybridized carbons (Fsp3) is 0.200. The molecule has 0 aromatic heterocycles. The number of fused-ring (bicyclic) bond motifs is 1. The van der Waals surface area contributed by atoms with E-state index >= 15 is 0 Å². The summed E-state index contributed by atoms with van der Waals surface area (Å²) in [4.78, 5) is 23.8. The average Bonchev–Trinajstić information content (AvgIpc) is 2.50. The molecule has 0 heterocycles. The molecule has 0 aliphatic carbocycles. The van der Waals surface area contributed by atoms with Crippen LogP contribution in [0.1, 0.15) is 25.0 Å². The molecule has 2 aromatic carbocycles. The van der Waals surface area contributed by atoms with Gasteiger partial charge in [-0.2, -0.15) is 0 Å². The van der Waals surface area contributed by atoms with Crippen LogP contribution in [0.3, 0.4) is 0 Å². The van der Waals surface area contributed by atoms with Gasteiger partial charge in [0, 0.05) is 21.9 Å². The fourth-order valence-electron chi connectivity index (χ4n) is 2.20. The van der Waals surface area contributed by atoms with Gasteiger partial charge in [0.2, 0.25) is 0 Å². The molecule has 0 atom stereocenters. The number of esters is 2. The van der Waals surface area contributed by atoms with Gasteiger partial charge in [-0.05, 0) is 45.4 Å². The first kappa shape index (κ1) is 17.5. The molecule has 0 amide bonds. The Morgan fingerprint density at radius 1 is 0.875 bits per heavy atom. The van der Waals surface area contributed by atoms with Gasteiger partial charge in [0.1, 0.15) is 11.5 Å². The molecule has 0 saturated heterocycles. The van der Waals surface area contributed by atoms with Gasteiger partial charge >= 0.3 is 11.9 Å². The number of aryl methyl sites for hydroxylation is 2. The van der Waals surface area contributed by atoms with Crippen LogP contribution < -0.4 is 9.47 Å². The van der Waals surface area contributed by atoms with Crippen molar-refractivity contribution < 1.29 is 19.1 Å². The lowest BCUT2D eigenvalue weighted by molar-refractivity contribution is -0.131. The number of hydrogen-bond acceptors (Lipinski definition) is 4. The summed E-state index contributed by atoms with van der Waals surface area (Å²) in [5.74, 6) is -0.141. The van der Waals surface area contributed by atoms with Gasteiger partial charge in [0.15, 0.2) is 0 Å². The van der Waals surface area contributed by atoms with E-state index in [0.717, 1.165) is 5.56 Å². The van der Waals surface area contributed by atoms with Crippen molar-refractivity contribution in [1.82, 2.24) is 0 Å². The molecule has 0 spiro atoms. The Morgan fingerprint density at radius 3 is 2.04 bits per heavy atom. The van der Waals surface area contributed by atoms with Crippen LogP contribution in [0.5, 0.6) is 11.5 Å². The van der Waals surface area contributed by atoms with Gasteiger partial charge in [0.25, 0.3) is 0 Å². The Hall–Kier alpha value is -2.88. The normalized spacial score (nSPS) is 10.3. The van der Waals surface area contributed by atoms with Gasteiger partial charge in [-0.15, -0.1) is 0 Å². The Kier molecular flexibility index (Phi) is 4.88. The summed E-state index contributed by atoms with van der Waals surface area (Å²) < 4.78 is 10.9. The van der Waals surface area contributed by atoms with Crippen LogP contribution in [0.25, 0.3) is 10.8 Å². The van der Waals surface area contributed by atoms with Crippen molar-refractivity contribution in [2.24, 2.45) is 0 Å². The zero-order chi connectivity index (χ0) is 18.0. The van der Waals surface area contributed by atoms with Crippen molar-refractivity contribution in [3.8, 4) is 11.5 Å². The number of benzene rings is 2. The second-order valence-corrected chi connectivity index (χ2v) is 5.91. The zero-order valence-electron chi connectivity index (χ0n) is 14.4. The van der Waals surface area contributed by atoms with E-state index in [1.165, 1.54) is 0 Å². The summed E-state index contributed by atoms with van der Waals surface area (Å²) in [7, 11) is 0. The second kappa shape index (κ2) is 6.71. The number of rotatable bonds is 4. The summed E-state index contributed by atoms with van der Waals surface area (Å²) in [5, 5.41) is 1.39. The fourth-order valence-corrected chi connectivity index (χ4v) is 2.20. The van der Waals surface area contributed by atoms with Crippen LogP contribution in [0, 0.1) is 13.8 Å². The van der Waals surface area contributed by atoms with E-state index in [4.69, 9.17) is 9.47 Å². The molecule has 0 radical (unpaired) electrons. The topological polar surface area (TPSA) is 52.6 Å². The highest BCUT2D eigenvalue weighted by Gasteiger charge is 2.17. The first-order valence-corrected chi connectivity index (χ1v) is 7.50. The van der Waals surface area contributed by atoms with E-state index in [0.29, 0.717) is 39.0 Å². The summed E-state index contributed by atoms with van der Waals surface area (Å²) in [6.07, 6.45) is 0. The molecular formula is C20H20O4. The van der Waals surface area contributed by atoms with Crippen LogP contribution >= 0.6 is 0 Å². The third-order valence-electron chi connectivity index (χ3n) is 3.49. The van der Waals surface area contributed by atoms with Crippen LogP contribution in [0.2, 0.25) is 0 Å². The Labute approximate surface area is 141 Å². The molecule has 2 rings (SSSR count). The lowest BCUT2D eigenvalue weighted by Crippen LogP contribution is -2.11. The molecule has 0 aliphatic rings. The van der Waals surface area contributed by atoms with Crippen molar-refractivity contribution in [1.29, 1.82) is 0 Å². The molecule has 0 aliphatic heterocycles. The third kappa shape index (κ3) is 3.54. The minimum absolute atomic E-state index is 0.311. The molecule has 124 valence electrons. The van der Waals surface area contributed by atoms with Crippen LogP contribution in [-0.2, 0) is 9.59 Å². The molecule has 0 fully saturated rings. The van der Waals surface area contributed by atoms with Gasteiger partial charge in [-0.1, -0.05) is 30.9 Å². The lowest BCUT2D eigenvalue weighted by atomic mass is 10.0. The Morgan fingerprint density at radius 2 is 1.46 bits per heavy atom. The monoisotopic (exact) mass is 324 g/mol. The lowest BCUT2D eigenvalue weighted by Gasteiger charge is -2.15. The van der Waals surface area contributed by atoms with E-state index in [-0.39, 0.29) is 0 Å². The molecule has 24 heavy (non-hydrogen) atoms. The minimum atomic E-state index is -0.496. The summed E-state index contributed by atoms with van der Waals surface area (Å²) in [6, 6.07) is 7.32. The van der Waals surface area contributed by atoms with Gasteiger partial charge in [-0.3, -0.25) is 0 Å². The van der Waals surface area contributed by atoms with Gasteiger partial charge in [-0.25, -0.2) is 9.59 Å². The number of ether oxygens (including phenoxy) is 2. The van der Waals surface area contributed by atoms with Crippen molar-refractivity contribution in [3.63, 3.8) is 0 Å². The highest BCUT2D eigenvalue weighted by molar-refractivity contribution is 6.00. The smallest absolute Gasteiger partial charge is 0.338 e. The first-order valence-electron chi connectivity index (χ1n) is 7.50. The van der Waals surface area contributed by atoms with E-state index in [9.17, 15) is 9.59 Å². The number of carbonyl (C=O) groups excluding carboxylic acids is 2. The summed E-state index contributed by atoms with van der Waals surface area (Å²) in [6.45, 7) is 14.1. The van der Waals surface area contributed by atoms with E-state index in [2.05, 4.69) is 13.2 Å². The quantitative estimate of drug-likeness (QED) is 0.474. The number of hydrogen-bond donors (Lipinski definition) is 0. The molecule has 4 nitrogen and oxygen atoms in total. The molecule has 0 saturated carbocycles. The minimum Gasteiger partial charge on any atom is -0.423 e. The largest absolute Gasteiger partial charge is 0.423 e. The highest BCUT2D eigenvalue weighted by Crippen LogP contribution is 2.37.